The maximum Gasteiger partial charge on any atom is 0.472 e. The maximum absolute atomic E-state index is 13.0. The molecular formula is C69H130O17P2. The molecule has 0 saturated heterocycles. The van der Waals surface area contributed by atoms with Crippen molar-refractivity contribution in [3.8, 4) is 0 Å². The Morgan fingerprint density at radius 2 is 0.670 bits per heavy atom. The largest absolute Gasteiger partial charge is 0.472 e. The van der Waals surface area contributed by atoms with Crippen LogP contribution < -0.4 is 0 Å². The summed E-state index contributed by atoms with van der Waals surface area (Å²) >= 11 is 0. The van der Waals surface area contributed by atoms with Gasteiger partial charge in [-0.2, -0.15) is 0 Å². The average molecular weight is 1290 g/mol. The summed E-state index contributed by atoms with van der Waals surface area (Å²) in [5.41, 5.74) is 0. The first kappa shape index (κ1) is 85.5. The number of rotatable bonds is 65. The molecule has 518 valence electrons. The third kappa shape index (κ3) is 59.8. The zero-order valence-electron chi connectivity index (χ0n) is 56.7. The van der Waals surface area contributed by atoms with Gasteiger partial charge in [-0.1, -0.05) is 265 Å². The molecule has 0 aromatic rings. The van der Waals surface area contributed by atoms with Gasteiger partial charge in [-0.05, 0) is 69.1 Å². The summed E-state index contributed by atoms with van der Waals surface area (Å²) in [5, 5.41) is 10.6. The van der Waals surface area contributed by atoms with Crippen LogP contribution in [0.15, 0.2) is 24.3 Å². The quantitative estimate of drug-likeness (QED) is 0.0169. The number of unbranched alkanes of at least 4 members (excludes halogenated alkanes) is 28. The fourth-order valence-corrected chi connectivity index (χ4v) is 11.3. The fourth-order valence-electron chi connectivity index (χ4n) is 9.76. The molecule has 0 rings (SSSR count). The number of aliphatic hydroxyl groups is 1. The Morgan fingerprint density at radius 3 is 1.01 bits per heavy atom. The molecule has 0 fully saturated rings. The summed E-state index contributed by atoms with van der Waals surface area (Å²) in [6, 6.07) is 0. The molecule has 0 aliphatic heterocycles. The van der Waals surface area contributed by atoms with E-state index < -0.39 is 97.5 Å². The number of esters is 4. The van der Waals surface area contributed by atoms with Gasteiger partial charge in [0.1, 0.15) is 19.3 Å². The Labute approximate surface area is 535 Å². The monoisotopic (exact) mass is 1290 g/mol. The number of phosphoric acid groups is 2. The van der Waals surface area contributed by atoms with Crippen molar-refractivity contribution in [2.24, 2.45) is 17.8 Å². The van der Waals surface area contributed by atoms with Gasteiger partial charge in [-0.3, -0.25) is 37.3 Å². The predicted octanol–water partition coefficient (Wildman–Crippen LogP) is 19.0. The predicted molar refractivity (Wildman–Crippen MR) is 354 cm³/mol. The van der Waals surface area contributed by atoms with E-state index in [9.17, 15) is 43.2 Å². The molecule has 7 atom stereocenters. The molecule has 88 heavy (non-hydrogen) atoms. The van der Waals surface area contributed by atoms with Gasteiger partial charge >= 0.3 is 39.5 Å². The summed E-state index contributed by atoms with van der Waals surface area (Å²) in [6.07, 6.45) is 45.4. The van der Waals surface area contributed by atoms with E-state index in [0.717, 1.165) is 127 Å². The van der Waals surface area contributed by atoms with E-state index in [0.29, 0.717) is 31.6 Å². The molecule has 0 aromatic carbocycles. The highest BCUT2D eigenvalue weighted by atomic mass is 31.2. The van der Waals surface area contributed by atoms with Gasteiger partial charge in [0.15, 0.2) is 12.2 Å². The highest BCUT2D eigenvalue weighted by Gasteiger charge is 2.30. The topological polar surface area (TPSA) is 237 Å². The van der Waals surface area contributed by atoms with Crippen LogP contribution in [0.5, 0.6) is 0 Å². The van der Waals surface area contributed by atoms with Crippen molar-refractivity contribution in [1.82, 2.24) is 0 Å². The summed E-state index contributed by atoms with van der Waals surface area (Å²) in [6.45, 7) is 11.7. The van der Waals surface area contributed by atoms with E-state index in [1.165, 1.54) is 103 Å². The second-order valence-corrected chi connectivity index (χ2v) is 28.1. The lowest BCUT2D eigenvalue weighted by atomic mass is 9.99. The van der Waals surface area contributed by atoms with Crippen molar-refractivity contribution >= 4 is 39.5 Å². The van der Waals surface area contributed by atoms with Crippen LogP contribution in [-0.4, -0.2) is 96.7 Å². The van der Waals surface area contributed by atoms with Crippen molar-refractivity contribution in [3.63, 3.8) is 0 Å². The first-order valence-electron chi connectivity index (χ1n) is 35.2. The van der Waals surface area contributed by atoms with Gasteiger partial charge in [-0.25, -0.2) is 9.13 Å². The molecule has 0 amide bonds. The lowest BCUT2D eigenvalue weighted by Crippen LogP contribution is -2.30. The van der Waals surface area contributed by atoms with Gasteiger partial charge in [0, 0.05) is 25.7 Å². The summed E-state index contributed by atoms with van der Waals surface area (Å²) in [7, 11) is -9.91. The minimum absolute atomic E-state index is 0.0985. The average Bonchev–Trinajstić information content (AvgIpc) is 3.58. The molecule has 0 aromatic heterocycles. The molecule has 17 nitrogen and oxygen atoms in total. The third-order valence-electron chi connectivity index (χ3n) is 16.0. The van der Waals surface area contributed by atoms with Crippen molar-refractivity contribution < 1.29 is 80.2 Å². The lowest BCUT2D eigenvalue weighted by molar-refractivity contribution is -0.161. The van der Waals surface area contributed by atoms with Crippen LogP contribution in [0.4, 0.5) is 0 Å². The molecule has 0 aliphatic carbocycles. The first-order valence-corrected chi connectivity index (χ1v) is 38.2. The van der Waals surface area contributed by atoms with Crippen LogP contribution in [0.1, 0.15) is 318 Å². The number of allylic oxidation sites excluding steroid dienone is 4. The molecule has 19 heteroatoms. The molecule has 4 unspecified atom stereocenters. The molecule has 0 radical (unpaired) electrons. The van der Waals surface area contributed by atoms with E-state index >= 15 is 0 Å². The van der Waals surface area contributed by atoms with Gasteiger partial charge in [-0.15, -0.1) is 0 Å². The van der Waals surface area contributed by atoms with Crippen LogP contribution in [-0.2, 0) is 65.4 Å². The minimum atomic E-state index is -4.96. The van der Waals surface area contributed by atoms with Gasteiger partial charge < -0.3 is 33.8 Å². The molecular weight excluding hydrogens is 1160 g/mol. The second kappa shape index (κ2) is 59.5. The normalized spacial score (nSPS) is 15.0. The third-order valence-corrected chi connectivity index (χ3v) is 17.9. The van der Waals surface area contributed by atoms with E-state index in [-0.39, 0.29) is 25.7 Å². The first-order chi connectivity index (χ1) is 42.3. The highest BCUT2D eigenvalue weighted by Crippen LogP contribution is 2.45. The van der Waals surface area contributed by atoms with Crippen LogP contribution in [0.25, 0.3) is 0 Å². The van der Waals surface area contributed by atoms with Crippen molar-refractivity contribution in [1.29, 1.82) is 0 Å². The van der Waals surface area contributed by atoms with Crippen LogP contribution in [0.3, 0.4) is 0 Å². The summed E-state index contributed by atoms with van der Waals surface area (Å²) < 4.78 is 68.1. The van der Waals surface area contributed by atoms with Crippen LogP contribution >= 0.6 is 15.6 Å². The maximum atomic E-state index is 13.0. The Morgan fingerprint density at radius 1 is 0.375 bits per heavy atom. The molecule has 0 saturated carbocycles. The van der Waals surface area contributed by atoms with Crippen LogP contribution in [0.2, 0.25) is 0 Å². The summed E-state index contributed by atoms with van der Waals surface area (Å²) in [5.74, 6) is 0.0328. The Bertz CT molecular complexity index is 1830. The van der Waals surface area contributed by atoms with Gasteiger partial charge in [0.2, 0.25) is 0 Å². The SMILES string of the molecule is CCCCCC/C=C\C=C/CCCCCCCC(=O)OC[C@H](COP(=O)(O)OC[C@@H](O)COP(=O)(O)OC[C@@H](COC(=O)CCCCCCCCC(C)CC)OC(=O)CCCCCCCCC(C)C)OC(=O)CCCCCCCCCCCCC(C)CC. The molecule has 3 N–H and O–H groups in total. The Balaban J connectivity index is 5.28. The van der Waals surface area contributed by atoms with Gasteiger partial charge in [0.25, 0.3) is 0 Å². The van der Waals surface area contributed by atoms with Crippen molar-refractivity contribution in [2.75, 3.05) is 39.6 Å². The van der Waals surface area contributed by atoms with Crippen LogP contribution in [0, 0.1) is 17.8 Å². The molecule has 0 aliphatic rings. The molecule has 0 spiro atoms. The van der Waals surface area contributed by atoms with Crippen molar-refractivity contribution in [2.45, 2.75) is 336 Å². The molecule has 0 heterocycles. The standard InChI is InChI=1S/C69H130O17P2/c1-8-11-12-13-14-15-16-17-18-19-20-24-27-36-43-50-66(71)79-56-64(85-68(73)52-45-38-28-25-22-21-23-26-34-41-48-61(6)9-2)58-83-87(75,76)81-54-63(70)55-82-88(77,78)84-59-65(86-69(74)53-46-39-31-29-33-40-47-60(4)5)57-80-67(72)51-44-37-32-30-35-42-49-62(7)10-3/h15-18,60-65,70H,8-14,19-59H2,1-7H3,(H,75,76)(H,77,78)/b16-15-,18-17-/t61?,62?,63-,64-,65-/m1/s1. The van der Waals surface area contributed by atoms with E-state index in [1.807, 2.05) is 0 Å². The number of carbonyl (C=O) groups is 4. The zero-order valence-corrected chi connectivity index (χ0v) is 58.5. The van der Waals surface area contributed by atoms with E-state index in [4.69, 9.17) is 37.0 Å². The smallest absolute Gasteiger partial charge is 0.462 e. The molecule has 0 bridgehead atoms. The second-order valence-electron chi connectivity index (χ2n) is 25.2. The van der Waals surface area contributed by atoms with E-state index in [2.05, 4.69) is 72.8 Å². The van der Waals surface area contributed by atoms with Crippen molar-refractivity contribution in [3.05, 3.63) is 24.3 Å². The number of hydrogen-bond donors (Lipinski definition) is 3. The lowest BCUT2D eigenvalue weighted by Gasteiger charge is -2.21. The minimum Gasteiger partial charge on any atom is -0.462 e. The summed E-state index contributed by atoms with van der Waals surface area (Å²) in [4.78, 5) is 72.4. The number of aliphatic hydroxyl groups excluding tert-OH is 1. The Hall–Kier alpha value is -2.46. The number of ether oxygens (including phenoxy) is 4. The fraction of sp³-hybridized carbons (Fsp3) is 0.884. The zero-order chi connectivity index (χ0) is 65.2. The number of phosphoric ester groups is 2. The number of carbonyl (C=O) groups excluding carboxylic acids is 4. The highest BCUT2D eigenvalue weighted by molar-refractivity contribution is 7.47. The number of hydrogen-bond acceptors (Lipinski definition) is 15. The Kier molecular flexibility index (Phi) is 57.9. The van der Waals surface area contributed by atoms with E-state index in [1.54, 1.807) is 0 Å². The van der Waals surface area contributed by atoms with Gasteiger partial charge in [0.05, 0.1) is 26.4 Å².